The van der Waals surface area contributed by atoms with Crippen LogP contribution in [-0.4, -0.2) is 83.6 Å². The zero-order valence-corrected chi connectivity index (χ0v) is 17.5. The van der Waals surface area contributed by atoms with E-state index in [1.807, 2.05) is 0 Å². The summed E-state index contributed by atoms with van der Waals surface area (Å²) < 4.78 is 60.6. The molecule has 0 amide bonds. The Bertz CT molecular complexity index is 511. The SMILES string of the molecule is C[S+]([O-])c1c(S)c([S+](C)[O-])c([S+](C)[O-])c([S+](C)[O-])c1[S+](C)[O-].[NaH]. The van der Waals surface area contributed by atoms with Crippen LogP contribution < -0.4 is 0 Å². The van der Waals surface area contributed by atoms with Crippen LogP contribution in [0.5, 0.6) is 0 Å². The Kier molecular flexibility index (Phi) is 11.4. The fourth-order valence-electron chi connectivity index (χ4n) is 1.94. The van der Waals surface area contributed by atoms with Crippen LogP contribution in [0.1, 0.15) is 0 Å². The molecule has 5 unspecified atom stereocenters. The van der Waals surface area contributed by atoms with Crippen molar-refractivity contribution in [2.75, 3.05) is 31.3 Å². The Morgan fingerprint density at radius 2 is 0.696 bits per heavy atom. The van der Waals surface area contributed by atoms with Gasteiger partial charge in [0.1, 0.15) is 36.2 Å². The number of rotatable bonds is 5. The maximum absolute atomic E-state index is 12.2. The molecule has 12 heteroatoms. The van der Waals surface area contributed by atoms with Crippen molar-refractivity contribution in [1.82, 2.24) is 0 Å². The van der Waals surface area contributed by atoms with Gasteiger partial charge in [0.25, 0.3) is 14.7 Å². The molecule has 0 spiro atoms. The summed E-state index contributed by atoms with van der Waals surface area (Å²) in [5.74, 6) is 0. The molecule has 0 bridgehead atoms. The zero-order chi connectivity index (χ0) is 17.4. The van der Waals surface area contributed by atoms with Crippen LogP contribution in [0, 0.1) is 0 Å². The number of thiol groups is 1. The van der Waals surface area contributed by atoms with Crippen molar-refractivity contribution in [2.45, 2.75) is 29.4 Å². The van der Waals surface area contributed by atoms with Crippen LogP contribution in [-0.2, 0) is 55.9 Å². The van der Waals surface area contributed by atoms with E-state index in [2.05, 4.69) is 12.6 Å². The van der Waals surface area contributed by atoms with Gasteiger partial charge in [-0.25, -0.2) is 0 Å². The number of hydrogen-bond acceptors (Lipinski definition) is 6. The minimum atomic E-state index is -1.64. The molecule has 0 saturated heterocycles. The topological polar surface area (TPSA) is 115 Å². The van der Waals surface area contributed by atoms with Crippen LogP contribution in [0.2, 0.25) is 0 Å². The summed E-state index contributed by atoms with van der Waals surface area (Å²) in [5, 5.41) is 0. The van der Waals surface area contributed by atoms with Crippen molar-refractivity contribution in [2.24, 2.45) is 0 Å². The first-order chi connectivity index (χ1) is 10.0. The first kappa shape index (κ1) is 25.1. The summed E-state index contributed by atoms with van der Waals surface area (Å²) in [5.41, 5.74) is 0. The first-order valence-electron chi connectivity index (χ1n) is 5.62. The van der Waals surface area contributed by atoms with Crippen molar-refractivity contribution in [1.29, 1.82) is 0 Å². The summed E-state index contributed by atoms with van der Waals surface area (Å²) in [4.78, 5) is 0.681. The van der Waals surface area contributed by atoms with Gasteiger partial charge in [-0.1, -0.05) is 0 Å². The van der Waals surface area contributed by atoms with E-state index >= 15 is 0 Å². The Balaban J connectivity index is 0.00000484. The molecule has 0 aliphatic heterocycles. The fourth-order valence-corrected chi connectivity index (χ4v) is 9.82. The molecule has 23 heavy (non-hydrogen) atoms. The van der Waals surface area contributed by atoms with E-state index in [1.165, 1.54) is 31.3 Å². The van der Waals surface area contributed by atoms with Gasteiger partial charge in [0.05, 0.1) is 0 Å². The van der Waals surface area contributed by atoms with Gasteiger partial charge in [-0.05, 0) is 55.9 Å². The molecule has 0 aliphatic rings. The maximum atomic E-state index is 12.2. The van der Waals surface area contributed by atoms with Gasteiger partial charge in [0.15, 0.2) is 0 Å². The summed E-state index contributed by atoms with van der Waals surface area (Å²) >= 11 is -3.77. The third kappa shape index (κ3) is 5.55. The number of hydrogen-bond donors (Lipinski definition) is 1. The molecule has 0 radical (unpaired) electrons. The Morgan fingerprint density at radius 1 is 0.522 bits per heavy atom. The van der Waals surface area contributed by atoms with E-state index in [9.17, 15) is 22.8 Å². The van der Waals surface area contributed by atoms with E-state index in [0.29, 0.717) is 0 Å². The molecular weight excluding hydrogens is 428 g/mol. The van der Waals surface area contributed by atoms with Gasteiger partial charge in [-0.15, -0.1) is 12.6 Å². The molecule has 0 saturated carbocycles. The predicted octanol–water partition coefficient (Wildman–Crippen LogP) is 0.0138. The summed E-state index contributed by atoms with van der Waals surface area (Å²) in [7, 11) is 0. The van der Waals surface area contributed by atoms with E-state index in [1.54, 1.807) is 0 Å². The van der Waals surface area contributed by atoms with E-state index in [4.69, 9.17) is 0 Å². The quantitative estimate of drug-likeness (QED) is 0.390. The van der Waals surface area contributed by atoms with Gasteiger partial charge < -0.3 is 22.8 Å². The van der Waals surface area contributed by atoms with Crippen LogP contribution in [0.25, 0.3) is 0 Å². The molecule has 1 aromatic carbocycles. The fraction of sp³-hybridized carbons (Fsp3) is 0.455. The molecule has 5 nitrogen and oxygen atoms in total. The number of benzene rings is 1. The Labute approximate surface area is 179 Å². The van der Waals surface area contributed by atoms with Crippen molar-refractivity contribution in [3.63, 3.8) is 0 Å². The summed E-state index contributed by atoms with van der Waals surface area (Å²) in [6.07, 6.45) is 6.82. The van der Waals surface area contributed by atoms with Gasteiger partial charge in [-0.2, -0.15) is 0 Å². The first-order valence-corrected chi connectivity index (χ1v) is 13.9. The van der Waals surface area contributed by atoms with E-state index in [-0.39, 0.29) is 58.9 Å². The minimum absolute atomic E-state index is 0. The second-order valence-electron chi connectivity index (χ2n) is 4.26. The molecular formula is C11H17NaO5S6. The molecule has 0 fully saturated rings. The Hall–Kier alpha value is 2.12. The average Bonchev–Trinajstić information content (AvgIpc) is 2.34. The van der Waals surface area contributed by atoms with E-state index in [0.717, 1.165) is 0 Å². The molecule has 1 rings (SSSR count). The zero-order valence-electron chi connectivity index (χ0n) is 12.5. The van der Waals surface area contributed by atoms with Gasteiger partial charge in [-0.3, -0.25) is 0 Å². The van der Waals surface area contributed by atoms with Crippen LogP contribution >= 0.6 is 12.6 Å². The van der Waals surface area contributed by atoms with Crippen molar-refractivity contribution in [3.05, 3.63) is 0 Å². The normalized spacial score (nSPS) is 17.9. The second-order valence-corrected chi connectivity index (χ2v) is 11.3. The predicted molar refractivity (Wildman–Crippen MR) is 103 cm³/mol. The third-order valence-corrected chi connectivity index (χ3v) is 8.87. The molecule has 5 atom stereocenters. The van der Waals surface area contributed by atoms with Crippen LogP contribution in [0.3, 0.4) is 0 Å². The molecule has 0 aromatic heterocycles. The molecule has 0 aliphatic carbocycles. The standard InChI is InChI=1S/C11H16O5S6.Na.H/c1-18(12)7-6(17)8(19(2)13)10(21(4)15)11(22(5)16)9(7)20(3)14;;/h17H,1-5H3;;. The summed E-state index contributed by atoms with van der Waals surface area (Å²) in [6.45, 7) is 0. The monoisotopic (exact) mass is 444 g/mol. The van der Waals surface area contributed by atoms with Crippen molar-refractivity contribution >= 4 is 98.1 Å². The van der Waals surface area contributed by atoms with Crippen LogP contribution in [0.15, 0.2) is 29.4 Å². The van der Waals surface area contributed by atoms with Gasteiger partial charge >= 0.3 is 29.6 Å². The Morgan fingerprint density at radius 3 is 0.870 bits per heavy atom. The van der Waals surface area contributed by atoms with E-state index < -0.39 is 55.9 Å². The summed E-state index contributed by atoms with van der Waals surface area (Å²) in [6, 6.07) is 0. The van der Waals surface area contributed by atoms with Crippen molar-refractivity contribution in [3.8, 4) is 0 Å². The average molecular weight is 445 g/mol. The molecule has 1 aromatic rings. The molecule has 0 N–H and O–H groups in total. The third-order valence-electron chi connectivity index (χ3n) is 2.69. The van der Waals surface area contributed by atoms with Crippen LogP contribution in [0.4, 0.5) is 0 Å². The molecule has 128 valence electrons. The van der Waals surface area contributed by atoms with Crippen molar-refractivity contribution < 1.29 is 22.8 Å². The van der Waals surface area contributed by atoms with Gasteiger partial charge in [0, 0.05) is 0 Å². The second kappa shape index (κ2) is 10.5. The van der Waals surface area contributed by atoms with Gasteiger partial charge in [0.2, 0.25) is 9.79 Å². The molecule has 0 heterocycles.